The van der Waals surface area contributed by atoms with Gasteiger partial charge in [0.15, 0.2) is 6.10 Å². The normalized spacial score (nSPS) is 17.0. The van der Waals surface area contributed by atoms with Crippen LogP contribution < -0.4 is 0 Å². The maximum absolute atomic E-state index is 12.7. The molecule has 140 valence electrons. The summed E-state index contributed by atoms with van der Waals surface area (Å²) in [6.07, 6.45) is 3.55. The molecule has 0 heterocycles. The first-order valence-corrected chi connectivity index (χ1v) is 9.23. The topological polar surface area (TPSA) is 70.4 Å². The SMILES string of the molecule is Cc1ccc(CC(=O)O[C@@H](C)C(=O)N(C)C2(C#N)CCCCC2)cc1C. The molecule has 1 aromatic rings. The molecule has 0 spiro atoms. The fourth-order valence-corrected chi connectivity index (χ4v) is 3.51. The van der Waals surface area contributed by atoms with Gasteiger partial charge in [-0.25, -0.2) is 0 Å². The van der Waals surface area contributed by atoms with Gasteiger partial charge < -0.3 is 9.64 Å². The molecule has 0 bridgehead atoms. The monoisotopic (exact) mass is 356 g/mol. The smallest absolute Gasteiger partial charge is 0.311 e. The minimum absolute atomic E-state index is 0.131. The first kappa shape index (κ1) is 20.0. The average molecular weight is 356 g/mol. The quantitative estimate of drug-likeness (QED) is 0.758. The van der Waals surface area contributed by atoms with E-state index in [1.807, 2.05) is 32.0 Å². The highest BCUT2D eigenvalue weighted by molar-refractivity contribution is 5.84. The summed E-state index contributed by atoms with van der Waals surface area (Å²) in [5.41, 5.74) is 2.38. The largest absolute Gasteiger partial charge is 0.452 e. The Balaban J connectivity index is 1.98. The number of amides is 1. The first-order valence-electron chi connectivity index (χ1n) is 9.23. The van der Waals surface area contributed by atoms with Gasteiger partial charge in [-0.15, -0.1) is 0 Å². The van der Waals surface area contributed by atoms with Gasteiger partial charge in [0.25, 0.3) is 5.91 Å². The molecule has 5 heteroatoms. The Kier molecular flexibility index (Phi) is 6.42. The summed E-state index contributed by atoms with van der Waals surface area (Å²) in [5.74, 6) is -0.751. The molecule has 0 saturated heterocycles. The highest BCUT2D eigenvalue weighted by Gasteiger charge is 2.40. The molecule has 1 atom stereocenters. The third kappa shape index (κ3) is 4.43. The Bertz CT molecular complexity index is 714. The van der Waals surface area contributed by atoms with Gasteiger partial charge in [-0.3, -0.25) is 9.59 Å². The number of hydrogen-bond donors (Lipinski definition) is 0. The van der Waals surface area contributed by atoms with E-state index in [2.05, 4.69) is 6.07 Å². The van der Waals surface area contributed by atoms with Crippen molar-refractivity contribution in [2.75, 3.05) is 7.05 Å². The van der Waals surface area contributed by atoms with E-state index >= 15 is 0 Å². The lowest BCUT2D eigenvalue weighted by molar-refractivity contribution is -0.160. The fourth-order valence-electron chi connectivity index (χ4n) is 3.51. The van der Waals surface area contributed by atoms with Crippen molar-refractivity contribution in [2.24, 2.45) is 0 Å². The van der Waals surface area contributed by atoms with E-state index in [-0.39, 0.29) is 12.3 Å². The van der Waals surface area contributed by atoms with Gasteiger partial charge in [0.05, 0.1) is 12.5 Å². The molecular formula is C21H28N2O3. The van der Waals surface area contributed by atoms with Gasteiger partial charge in [-0.05, 0) is 50.3 Å². The summed E-state index contributed by atoms with van der Waals surface area (Å²) in [4.78, 5) is 26.4. The highest BCUT2D eigenvalue weighted by atomic mass is 16.5. The van der Waals surface area contributed by atoms with Crippen LogP contribution >= 0.6 is 0 Å². The lowest BCUT2D eigenvalue weighted by Gasteiger charge is -2.39. The zero-order valence-electron chi connectivity index (χ0n) is 16.2. The van der Waals surface area contributed by atoms with Crippen LogP contribution in [-0.2, 0) is 20.7 Å². The van der Waals surface area contributed by atoms with Crippen LogP contribution in [0.4, 0.5) is 0 Å². The maximum Gasteiger partial charge on any atom is 0.311 e. The Morgan fingerprint density at radius 3 is 2.46 bits per heavy atom. The lowest BCUT2D eigenvalue weighted by Crippen LogP contribution is -2.53. The van der Waals surface area contributed by atoms with E-state index in [0.29, 0.717) is 12.8 Å². The lowest BCUT2D eigenvalue weighted by atomic mass is 9.81. The van der Waals surface area contributed by atoms with E-state index in [4.69, 9.17) is 4.74 Å². The van der Waals surface area contributed by atoms with Crippen LogP contribution in [0, 0.1) is 25.2 Å². The Morgan fingerprint density at radius 2 is 1.88 bits per heavy atom. The van der Waals surface area contributed by atoms with Crippen LogP contribution in [0.15, 0.2) is 18.2 Å². The number of carbonyl (C=O) groups is 2. The van der Waals surface area contributed by atoms with E-state index in [0.717, 1.165) is 30.4 Å². The molecule has 0 radical (unpaired) electrons. The molecule has 0 aliphatic heterocycles. The summed E-state index contributed by atoms with van der Waals surface area (Å²) in [6.45, 7) is 5.59. The Hall–Kier alpha value is -2.35. The van der Waals surface area contributed by atoms with Crippen molar-refractivity contribution >= 4 is 11.9 Å². The fraction of sp³-hybridized carbons (Fsp3) is 0.571. The highest BCUT2D eigenvalue weighted by Crippen LogP contribution is 2.32. The average Bonchev–Trinajstić information content (AvgIpc) is 2.63. The zero-order chi connectivity index (χ0) is 19.3. The predicted octanol–water partition coefficient (Wildman–Crippen LogP) is 3.46. The summed E-state index contributed by atoms with van der Waals surface area (Å²) in [7, 11) is 1.64. The number of aryl methyl sites for hydroxylation is 2. The second-order valence-corrected chi connectivity index (χ2v) is 7.33. The molecule has 1 aliphatic carbocycles. The molecule has 1 amide bonds. The Morgan fingerprint density at radius 1 is 1.23 bits per heavy atom. The third-order valence-electron chi connectivity index (χ3n) is 5.44. The molecule has 1 saturated carbocycles. The zero-order valence-corrected chi connectivity index (χ0v) is 16.2. The number of rotatable bonds is 5. The number of carbonyl (C=O) groups excluding carboxylic acids is 2. The number of nitriles is 1. The molecule has 0 N–H and O–H groups in total. The van der Waals surface area contributed by atoms with Crippen LogP contribution in [0.5, 0.6) is 0 Å². The number of esters is 1. The summed E-state index contributed by atoms with van der Waals surface area (Å²) in [5, 5.41) is 9.62. The third-order valence-corrected chi connectivity index (χ3v) is 5.44. The molecule has 0 unspecified atom stereocenters. The molecule has 1 fully saturated rings. The van der Waals surface area contributed by atoms with Gasteiger partial charge in [0, 0.05) is 7.05 Å². The molecule has 5 nitrogen and oxygen atoms in total. The second-order valence-electron chi connectivity index (χ2n) is 7.33. The molecule has 26 heavy (non-hydrogen) atoms. The second kappa shape index (κ2) is 8.35. The van der Waals surface area contributed by atoms with Crippen molar-refractivity contribution in [3.63, 3.8) is 0 Å². The van der Waals surface area contributed by atoms with E-state index in [1.54, 1.807) is 14.0 Å². The van der Waals surface area contributed by atoms with E-state index < -0.39 is 17.6 Å². The summed E-state index contributed by atoms with van der Waals surface area (Å²) < 4.78 is 5.35. The van der Waals surface area contributed by atoms with Crippen molar-refractivity contribution in [2.45, 2.75) is 70.9 Å². The number of likely N-dealkylation sites (N-methyl/N-ethyl adjacent to an activating group) is 1. The molecule has 2 rings (SSSR count). The predicted molar refractivity (Wildman–Crippen MR) is 99.4 cm³/mol. The first-order chi connectivity index (χ1) is 12.3. The maximum atomic E-state index is 12.7. The van der Waals surface area contributed by atoms with Crippen LogP contribution in [0.3, 0.4) is 0 Å². The van der Waals surface area contributed by atoms with Crippen LogP contribution in [0.2, 0.25) is 0 Å². The van der Waals surface area contributed by atoms with E-state index in [9.17, 15) is 14.9 Å². The summed E-state index contributed by atoms with van der Waals surface area (Å²) >= 11 is 0. The molecule has 1 aliphatic rings. The van der Waals surface area contributed by atoms with Crippen molar-refractivity contribution < 1.29 is 14.3 Å². The number of benzene rings is 1. The van der Waals surface area contributed by atoms with Crippen molar-refractivity contribution in [1.82, 2.24) is 4.90 Å². The van der Waals surface area contributed by atoms with Crippen LogP contribution in [-0.4, -0.2) is 35.5 Å². The van der Waals surface area contributed by atoms with Crippen molar-refractivity contribution in [1.29, 1.82) is 5.26 Å². The van der Waals surface area contributed by atoms with Crippen molar-refractivity contribution in [3.8, 4) is 6.07 Å². The Labute approximate surface area is 155 Å². The van der Waals surface area contributed by atoms with Crippen molar-refractivity contribution in [3.05, 3.63) is 34.9 Å². The van der Waals surface area contributed by atoms with Gasteiger partial charge in [-0.1, -0.05) is 37.5 Å². The number of ether oxygens (including phenoxy) is 1. The minimum Gasteiger partial charge on any atom is -0.452 e. The van der Waals surface area contributed by atoms with Gasteiger partial charge in [0.1, 0.15) is 5.54 Å². The minimum atomic E-state index is -0.897. The standard InChI is InChI=1S/C21H28N2O3/c1-15-8-9-18(12-16(15)2)13-19(24)26-17(3)20(25)23(4)21(14-22)10-6-5-7-11-21/h8-9,12,17H,5-7,10-11,13H2,1-4H3/t17-/m0/s1. The number of hydrogen-bond acceptors (Lipinski definition) is 4. The molecular weight excluding hydrogens is 328 g/mol. The van der Waals surface area contributed by atoms with Gasteiger partial charge >= 0.3 is 5.97 Å². The van der Waals surface area contributed by atoms with Crippen LogP contribution in [0.25, 0.3) is 0 Å². The van der Waals surface area contributed by atoms with Crippen LogP contribution in [0.1, 0.15) is 55.7 Å². The number of nitrogens with zero attached hydrogens (tertiary/aromatic N) is 2. The molecule has 0 aromatic heterocycles. The molecule has 1 aromatic carbocycles. The van der Waals surface area contributed by atoms with E-state index in [1.165, 1.54) is 10.5 Å². The van der Waals surface area contributed by atoms with Gasteiger partial charge in [0.2, 0.25) is 0 Å². The summed E-state index contributed by atoms with van der Waals surface area (Å²) in [6, 6.07) is 8.15. The van der Waals surface area contributed by atoms with Gasteiger partial charge in [-0.2, -0.15) is 5.26 Å².